The molecule has 0 aromatic heterocycles. The SMILES string of the molecule is COc1cccc(CN(C(=O)COc2ccc(I)cc2)[C@@H](C)C(=O)NCC(C)C)c1. The summed E-state index contributed by atoms with van der Waals surface area (Å²) in [6.45, 7) is 6.48. The van der Waals surface area contributed by atoms with E-state index in [1.54, 1.807) is 14.0 Å². The molecule has 0 radical (unpaired) electrons. The van der Waals surface area contributed by atoms with Gasteiger partial charge in [-0.2, -0.15) is 0 Å². The molecule has 2 aromatic rings. The molecule has 1 atom stereocenters. The largest absolute Gasteiger partial charge is 0.497 e. The van der Waals surface area contributed by atoms with Gasteiger partial charge in [0.1, 0.15) is 17.5 Å². The third-order valence-corrected chi connectivity index (χ3v) is 5.23. The topological polar surface area (TPSA) is 67.9 Å². The molecule has 2 rings (SSSR count). The molecular formula is C23H29IN2O4. The van der Waals surface area contributed by atoms with E-state index in [2.05, 4.69) is 27.9 Å². The fourth-order valence-electron chi connectivity index (χ4n) is 2.76. The molecule has 30 heavy (non-hydrogen) atoms. The zero-order chi connectivity index (χ0) is 22.1. The molecule has 0 saturated heterocycles. The molecule has 2 amide bonds. The molecule has 1 N–H and O–H groups in total. The lowest BCUT2D eigenvalue weighted by atomic mass is 10.1. The maximum absolute atomic E-state index is 13.0. The monoisotopic (exact) mass is 524 g/mol. The van der Waals surface area contributed by atoms with Crippen LogP contribution in [0.2, 0.25) is 0 Å². The van der Waals surface area contributed by atoms with Crippen LogP contribution in [0, 0.1) is 9.49 Å². The average Bonchev–Trinajstić information content (AvgIpc) is 2.74. The Balaban J connectivity index is 2.14. The molecule has 2 aromatic carbocycles. The van der Waals surface area contributed by atoms with E-state index in [0.717, 1.165) is 9.13 Å². The summed E-state index contributed by atoms with van der Waals surface area (Å²) in [5, 5.41) is 2.91. The zero-order valence-electron chi connectivity index (χ0n) is 17.9. The van der Waals surface area contributed by atoms with Crippen molar-refractivity contribution in [2.45, 2.75) is 33.4 Å². The quantitative estimate of drug-likeness (QED) is 0.480. The fraction of sp³-hybridized carbons (Fsp3) is 0.391. The van der Waals surface area contributed by atoms with Gasteiger partial charge in [-0.1, -0.05) is 26.0 Å². The maximum atomic E-state index is 13.0. The highest BCUT2D eigenvalue weighted by Crippen LogP contribution is 2.17. The van der Waals surface area contributed by atoms with Crippen LogP contribution in [0.5, 0.6) is 11.5 Å². The second-order valence-corrected chi connectivity index (χ2v) is 8.68. The van der Waals surface area contributed by atoms with E-state index in [9.17, 15) is 9.59 Å². The van der Waals surface area contributed by atoms with Crippen LogP contribution >= 0.6 is 22.6 Å². The van der Waals surface area contributed by atoms with Crippen molar-refractivity contribution < 1.29 is 19.1 Å². The first-order chi connectivity index (χ1) is 14.3. The lowest BCUT2D eigenvalue weighted by Crippen LogP contribution is -2.49. The molecule has 0 bridgehead atoms. The van der Waals surface area contributed by atoms with Gasteiger partial charge in [-0.05, 0) is 77.4 Å². The Morgan fingerprint density at radius 3 is 2.40 bits per heavy atom. The minimum atomic E-state index is -0.636. The number of methoxy groups -OCH3 is 1. The van der Waals surface area contributed by atoms with Gasteiger partial charge in [-0.25, -0.2) is 0 Å². The number of nitrogens with one attached hydrogen (secondary N) is 1. The Labute approximate surface area is 192 Å². The standard InChI is InChI=1S/C23H29IN2O4/c1-16(2)13-25-23(28)17(3)26(14-18-6-5-7-21(12-18)29-4)22(27)15-30-20-10-8-19(24)9-11-20/h5-12,16-17H,13-15H2,1-4H3,(H,25,28)/t17-/m0/s1. The number of carbonyl (C=O) groups excluding carboxylic acids is 2. The number of benzene rings is 2. The predicted octanol–water partition coefficient (Wildman–Crippen LogP) is 3.87. The van der Waals surface area contributed by atoms with Gasteiger partial charge in [0.15, 0.2) is 6.61 Å². The fourth-order valence-corrected chi connectivity index (χ4v) is 3.12. The number of hydrogen-bond acceptors (Lipinski definition) is 4. The molecule has 0 fully saturated rings. The average molecular weight is 524 g/mol. The van der Waals surface area contributed by atoms with Gasteiger partial charge >= 0.3 is 0 Å². The lowest BCUT2D eigenvalue weighted by Gasteiger charge is -2.29. The number of rotatable bonds is 10. The highest BCUT2D eigenvalue weighted by atomic mass is 127. The van der Waals surface area contributed by atoms with Crippen LogP contribution in [0.25, 0.3) is 0 Å². The van der Waals surface area contributed by atoms with Gasteiger partial charge in [0.2, 0.25) is 5.91 Å². The van der Waals surface area contributed by atoms with Crippen molar-refractivity contribution in [3.8, 4) is 11.5 Å². The van der Waals surface area contributed by atoms with Gasteiger partial charge in [0.25, 0.3) is 5.91 Å². The number of hydrogen-bond donors (Lipinski definition) is 1. The van der Waals surface area contributed by atoms with E-state index < -0.39 is 6.04 Å². The van der Waals surface area contributed by atoms with Crippen LogP contribution < -0.4 is 14.8 Å². The molecule has 0 aliphatic rings. The molecule has 0 aliphatic heterocycles. The third-order valence-electron chi connectivity index (χ3n) is 4.51. The van der Waals surface area contributed by atoms with Gasteiger partial charge in [0.05, 0.1) is 7.11 Å². The number of ether oxygens (including phenoxy) is 2. The first kappa shape index (κ1) is 24.0. The summed E-state index contributed by atoms with van der Waals surface area (Å²) in [4.78, 5) is 27.2. The Kier molecular flexibility index (Phi) is 9.42. The van der Waals surface area contributed by atoms with Crippen molar-refractivity contribution in [1.82, 2.24) is 10.2 Å². The van der Waals surface area contributed by atoms with Gasteiger partial charge < -0.3 is 19.7 Å². The van der Waals surface area contributed by atoms with E-state index >= 15 is 0 Å². The van der Waals surface area contributed by atoms with Crippen LogP contribution in [0.4, 0.5) is 0 Å². The molecule has 7 heteroatoms. The summed E-state index contributed by atoms with van der Waals surface area (Å²) in [6, 6.07) is 14.3. The first-order valence-electron chi connectivity index (χ1n) is 9.88. The molecule has 0 aliphatic carbocycles. The Morgan fingerprint density at radius 2 is 1.77 bits per heavy atom. The van der Waals surface area contributed by atoms with E-state index in [0.29, 0.717) is 24.0 Å². The Morgan fingerprint density at radius 1 is 1.07 bits per heavy atom. The molecule has 0 unspecified atom stereocenters. The second-order valence-electron chi connectivity index (χ2n) is 7.43. The smallest absolute Gasteiger partial charge is 0.261 e. The molecular weight excluding hydrogens is 495 g/mol. The van der Waals surface area contributed by atoms with Crippen molar-refractivity contribution in [1.29, 1.82) is 0 Å². The zero-order valence-corrected chi connectivity index (χ0v) is 20.0. The van der Waals surface area contributed by atoms with Crippen LogP contribution in [0.3, 0.4) is 0 Å². The van der Waals surface area contributed by atoms with Crippen LogP contribution in [0.1, 0.15) is 26.3 Å². The van der Waals surface area contributed by atoms with Crippen LogP contribution in [-0.4, -0.2) is 43.0 Å². The van der Waals surface area contributed by atoms with Crippen molar-refractivity contribution in [3.63, 3.8) is 0 Å². The third kappa shape index (κ3) is 7.51. The highest BCUT2D eigenvalue weighted by molar-refractivity contribution is 14.1. The van der Waals surface area contributed by atoms with Gasteiger partial charge in [-0.3, -0.25) is 9.59 Å². The molecule has 162 valence electrons. The molecule has 0 spiro atoms. The Hall–Kier alpha value is -2.29. The summed E-state index contributed by atoms with van der Waals surface area (Å²) in [7, 11) is 1.60. The summed E-state index contributed by atoms with van der Waals surface area (Å²) >= 11 is 2.21. The van der Waals surface area contributed by atoms with Crippen molar-refractivity contribution in [2.75, 3.05) is 20.3 Å². The second kappa shape index (κ2) is 11.8. The minimum absolute atomic E-state index is 0.146. The van der Waals surface area contributed by atoms with Crippen molar-refractivity contribution in [2.24, 2.45) is 5.92 Å². The first-order valence-corrected chi connectivity index (χ1v) is 11.0. The van der Waals surface area contributed by atoms with Gasteiger partial charge in [0, 0.05) is 16.7 Å². The number of nitrogens with zero attached hydrogens (tertiary/aromatic N) is 1. The summed E-state index contributed by atoms with van der Waals surface area (Å²) < 4.78 is 12.0. The lowest BCUT2D eigenvalue weighted by molar-refractivity contribution is -0.142. The Bertz CT molecular complexity index is 839. The normalized spacial score (nSPS) is 11.7. The van der Waals surface area contributed by atoms with E-state index in [1.165, 1.54) is 4.90 Å². The van der Waals surface area contributed by atoms with Gasteiger partial charge in [-0.15, -0.1) is 0 Å². The maximum Gasteiger partial charge on any atom is 0.261 e. The van der Waals surface area contributed by atoms with E-state index in [-0.39, 0.29) is 25.0 Å². The van der Waals surface area contributed by atoms with E-state index in [1.807, 2.05) is 62.4 Å². The minimum Gasteiger partial charge on any atom is -0.497 e. The summed E-state index contributed by atoms with van der Waals surface area (Å²) in [6.07, 6.45) is 0. The summed E-state index contributed by atoms with van der Waals surface area (Å²) in [5.74, 6) is 1.19. The molecule has 6 nitrogen and oxygen atoms in total. The predicted molar refractivity (Wildman–Crippen MR) is 126 cm³/mol. The molecule has 0 saturated carbocycles. The van der Waals surface area contributed by atoms with Crippen molar-refractivity contribution in [3.05, 3.63) is 57.7 Å². The van der Waals surface area contributed by atoms with E-state index in [4.69, 9.17) is 9.47 Å². The number of amides is 2. The highest BCUT2D eigenvalue weighted by Gasteiger charge is 2.26. The van der Waals surface area contributed by atoms with Crippen molar-refractivity contribution >= 4 is 34.4 Å². The number of carbonyl (C=O) groups is 2. The molecule has 0 heterocycles. The summed E-state index contributed by atoms with van der Waals surface area (Å²) in [5.41, 5.74) is 0.875. The van der Waals surface area contributed by atoms with Crippen LogP contribution in [0.15, 0.2) is 48.5 Å². The van der Waals surface area contributed by atoms with Crippen LogP contribution in [-0.2, 0) is 16.1 Å². The number of halogens is 1.